The Hall–Kier alpha value is -1.93. The SMILES string of the molecule is CC1(C)CN(C(=O)c2cc(C(=O)O)on2)CC(CO)O1. The summed E-state index contributed by atoms with van der Waals surface area (Å²) >= 11 is 0. The van der Waals surface area contributed by atoms with E-state index in [0.29, 0.717) is 6.54 Å². The fourth-order valence-electron chi connectivity index (χ4n) is 2.18. The molecule has 0 radical (unpaired) electrons. The first-order valence-corrected chi connectivity index (χ1v) is 6.10. The van der Waals surface area contributed by atoms with Crippen LogP contribution in [0.3, 0.4) is 0 Å². The van der Waals surface area contributed by atoms with Crippen molar-refractivity contribution in [2.75, 3.05) is 19.7 Å². The highest BCUT2D eigenvalue weighted by Gasteiger charge is 2.36. The Balaban J connectivity index is 2.16. The van der Waals surface area contributed by atoms with Gasteiger partial charge in [0.25, 0.3) is 5.91 Å². The smallest absolute Gasteiger partial charge is 0.374 e. The van der Waals surface area contributed by atoms with Gasteiger partial charge in [0.05, 0.1) is 18.3 Å². The van der Waals surface area contributed by atoms with Crippen LogP contribution in [0, 0.1) is 0 Å². The van der Waals surface area contributed by atoms with Gasteiger partial charge in [-0.2, -0.15) is 0 Å². The Bertz CT molecular complexity index is 524. The number of aliphatic hydroxyl groups excluding tert-OH is 1. The van der Waals surface area contributed by atoms with Gasteiger partial charge in [0.15, 0.2) is 5.69 Å². The minimum absolute atomic E-state index is 0.0724. The van der Waals surface area contributed by atoms with Gasteiger partial charge in [-0.3, -0.25) is 4.79 Å². The maximum absolute atomic E-state index is 12.3. The third kappa shape index (κ3) is 2.97. The molecular formula is C12H16N2O6. The summed E-state index contributed by atoms with van der Waals surface area (Å²) in [5.74, 6) is -2.12. The molecule has 0 bridgehead atoms. The van der Waals surface area contributed by atoms with Crippen LogP contribution in [0.25, 0.3) is 0 Å². The number of nitrogens with zero attached hydrogens (tertiary/aromatic N) is 2. The minimum atomic E-state index is -1.29. The molecular weight excluding hydrogens is 268 g/mol. The summed E-state index contributed by atoms with van der Waals surface area (Å²) in [6.45, 7) is 3.94. The molecule has 1 aliphatic heterocycles. The molecule has 0 aliphatic carbocycles. The number of hydrogen-bond donors (Lipinski definition) is 2. The van der Waals surface area contributed by atoms with Crippen LogP contribution in [0.4, 0.5) is 0 Å². The van der Waals surface area contributed by atoms with Crippen molar-refractivity contribution in [2.24, 2.45) is 0 Å². The fraction of sp³-hybridized carbons (Fsp3) is 0.583. The van der Waals surface area contributed by atoms with Gasteiger partial charge in [-0.1, -0.05) is 5.16 Å². The Morgan fingerprint density at radius 1 is 1.55 bits per heavy atom. The number of hydrogen-bond acceptors (Lipinski definition) is 6. The van der Waals surface area contributed by atoms with Gasteiger partial charge >= 0.3 is 5.97 Å². The minimum Gasteiger partial charge on any atom is -0.475 e. The number of amides is 1. The van der Waals surface area contributed by atoms with E-state index in [4.69, 9.17) is 9.84 Å². The average Bonchev–Trinajstić information content (AvgIpc) is 2.85. The van der Waals surface area contributed by atoms with Crippen molar-refractivity contribution < 1.29 is 29.1 Å². The number of ether oxygens (including phenoxy) is 1. The standard InChI is InChI=1S/C12H16N2O6/c1-12(2)6-14(4-7(5-15)19-12)10(16)8-3-9(11(17)18)20-13-8/h3,7,15H,4-6H2,1-2H3,(H,17,18). The number of aromatic carboxylic acids is 1. The molecule has 1 amide bonds. The first-order valence-electron chi connectivity index (χ1n) is 6.10. The first kappa shape index (κ1) is 14.5. The highest BCUT2D eigenvalue weighted by Crippen LogP contribution is 2.22. The van der Waals surface area contributed by atoms with Crippen LogP contribution in [0.5, 0.6) is 0 Å². The highest BCUT2D eigenvalue weighted by molar-refractivity contribution is 5.95. The van der Waals surface area contributed by atoms with Gasteiger partial charge in [0.1, 0.15) is 0 Å². The molecule has 110 valence electrons. The molecule has 1 atom stereocenters. The molecule has 2 N–H and O–H groups in total. The lowest BCUT2D eigenvalue weighted by atomic mass is 10.0. The van der Waals surface area contributed by atoms with Crippen molar-refractivity contribution >= 4 is 11.9 Å². The number of carbonyl (C=O) groups is 2. The van der Waals surface area contributed by atoms with Crippen molar-refractivity contribution in [3.63, 3.8) is 0 Å². The molecule has 1 unspecified atom stereocenters. The second-order valence-electron chi connectivity index (χ2n) is 5.25. The first-order chi connectivity index (χ1) is 9.32. The van der Waals surface area contributed by atoms with E-state index in [1.165, 1.54) is 4.90 Å². The maximum Gasteiger partial charge on any atom is 0.374 e. The van der Waals surface area contributed by atoms with E-state index >= 15 is 0 Å². The largest absolute Gasteiger partial charge is 0.475 e. The van der Waals surface area contributed by atoms with Gasteiger partial charge in [0.2, 0.25) is 5.76 Å². The van der Waals surface area contributed by atoms with Crippen LogP contribution in [-0.2, 0) is 4.74 Å². The molecule has 1 aromatic heterocycles. The molecule has 1 saturated heterocycles. The van der Waals surface area contributed by atoms with Crippen molar-refractivity contribution in [3.05, 3.63) is 17.5 Å². The van der Waals surface area contributed by atoms with E-state index < -0.39 is 23.6 Å². The summed E-state index contributed by atoms with van der Waals surface area (Å²) < 4.78 is 10.2. The summed E-state index contributed by atoms with van der Waals surface area (Å²) in [5, 5.41) is 21.4. The summed E-state index contributed by atoms with van der Waals surface area (Å²) in [5.41, 5.74) is -0.669. The van der Waals surface area contributed by atoms with Gasteiger partial charge in [0, 0.05) is 19.2 Å². The number of rotatable bonds is 3. The van der Waals surface area contributed by atoms with Gasteiger partial charge in [-0.25, -0.2) is 4.79 Å². The summed E-state index contributed by atoms with van der Waals surface area (Å²) in [6, 6.07) is 1.08. The molecule has 1 aromatic rings. The molecule has 0 aromatic carbocycles. The number of carboxylic acid groups (broad SMARTS) is 1. The van der Waals surface area contributed by atoms with Crippen molar-refractivity contribution in [2.45, 2.75) is 25.6 Å². The van der Waals surface area contributed by atoms with E-state index in [0.717, 1.165) is 6.07 Å². The predicted octanol–water partition coefficient (Wildman–Crippen LogP) is -0.0153. The second kappa shape index (κ2) is 5.22. The summed E-state index contributed by atoms with van der Waals surface area (Å²) in [4.78, 5) is 24.4. The van der Waals surface area contributed by atoms with Crippen LogP contribution in [-0.4, -0.2) is 63.5 Å². The molecule has 1 aliphatic rings. The van der Waals surface area contributed by atoms with E-state index in [9.17, 15) is 14.7 Å². The van der Waals surface area contributed by atoms with Gasteiger partial charge < -0.3 is 24.4 Å². The zero-order valence-corrected chi connectivity index (χ0v) is 11.2. The molecule has 1 fully saturated rings. The topological polar surface area (TPSA) is 113 Å². The van der Waals surface area contributed by atoms with Gasteiger partial charge in [-0.05, 0) is 13.8 Å². The molecule has 0 spiro atoms. The van der Waals surface area contributed by atoms with E-state index in [2.05, 4.69) is 9.68 Å². The quantitative estimate of drug-likeness (QED) is 0.802. The number of morpholine rings is 1. The molecule has 0 saturated carbocycles. The van der Waals surface area contributed by atoms with Crippen LogP contribution >= 0.6 is 0 Å². The van der Waals surface area contributed by atoms with Crippen LogP contribution in [0.15, 0.2) is 10.6 Å². The number of aromatic nitrogens is 1. The number of aliphatic hydroxyl groups is 1. The Kier molecular flexibility index (Phi) is 3.78. The molecule has 2 rings (SSSR count). The highest BCUT2D eigenvalue weighted by atomic mass is 16.5. The molecule has 2 heterocycles. The van der Waals surface area contributed by atoms with Gasteiger partial charge in [-0.15, -0.1) is 0 Å². The molecule has 8 heteroatoms. The lowest BCUT2D eigenvalue weighted by Gasteiger charge is -2.41. The van der Waals surface area contributed by atoms with Crippen molar-refractivity contribution in [1.29, 1.82) is 0 Å². The molecule has 8 nitrogen and oxygen atoms in total. The predicted molar refractivity (Wildman–Crippen MR) is 65.4 cm³/mol. The van der Waals surface area contributed by atoms with Crippen LogP contribution in [0.2, 0.25) is 0 Å². The zero-order chi connectivity index (χ0) is 14.9. The number of carbonyl (C=O) groups excluding carboxylic acids is 1. The van der Waals surface area contributed by atoms with Crippen molar-refractivity contribution in [1.82, 2.24) is 10.1 Å². The third-order valence-electron chi connectivity index (χ3n) is 2.91. The number of carboxylic acids is 1. The summed E-state index contributed by atoms with van der Waals surface area (Å²) in [6.07, 6.45) is -0.478. The Morgan fingerprint density at radius 3 is 2.80 bits per heavy atom. The second-order valence-corrected chi connectivity index (χ2v) is 5.25. The van der Waals surface area contributed by atoms with E-state index in [1.54, 1.807) is 13.8 Å². The lowest BCUT2D eigenvalue weighted by Crippen LogP contribution is -2.55. The van der Waals surface area contributed by atoms with Crippen LogP contribution in [0.1, 0.15) is 34.9 Å². The Labute approximate surface area is 114 Å². The zero-order valence-electron chi connectivity index (χ0n) is 11.2. The van der Waals surface area contributed by atoms with E-state index in [1.807, 2.05) is 0 Å². The Morgan fingerprint density at radius 2 is 2.25 bits per heavy atom. The van der Waals surface area contributed by atoms with Crippen LogP contribution < -0.4 is 0 Å². The average molecular weight is 284 g/mol. The molecule has 20 heavy (non-hydrogen) atoms. The fourth-order valence-corrected chi connectivity index (χ4v) is 2.18. The van der Waals surface area contributed by atoms with Crippen molar-refractivity contribution in [3.8, 4) is 0 Å². The normalized spacial score (nSPS) is 21.8. The lowest BCUT2D eigenvalue weighted by molar-refractivity contribution is -0.139. The van der Waals surface area contributed by atoms with E-state index in [-0.39, 0.29) is 24.6 Å². The maximum atomic E-state index is 12.3. The summed E-state index contributed by atoms with van der Waals surface area (Å²) in [7, 11) is 0. The monoisotopic (exact) mass is 284 g/mol. The third-order valence-corrected chi connectivity index (χ3v) is 2.91.